The minimum absolute atomic E-state index is 0.216. The molecule has 2 aromatic rings. The van der Waals surface area contributed by atoms with Gasteiger partial charge in [-0.2, -0.15) is 0 Å². The smallest absolute Gasteiger partial charge is 0.274 e. The highest BCUT2D eigenvalue weighted by Gasteiger charge is 2.13. The molecule has 102 valence electrons. The van der Waals surface area contributed by atoms with Crippen LogP contribution in [0.15, 0.2) is 36.5 Å². The van der Waals surface area contributed by atoms with Crippen LogP contribution in [0.25, 0.3) is 0 Å². The maximum absolute atomic E-state index is 12.1. The molecule has 0 aliphatic heterocycles. The summed E-state index contributed by atoms with van der Waals surface area (Å²) >= 11 is 0. The van der Waals surface area contributed by atoms with Gasteiger partial charge in [0.15, 0.2) is 0 Å². The highest BCUT2D eigenvalue weighted by atomic mass is 16.1. The second kappa shape index (κ2) is 5.30. The molecule has 0 atom stereocenters. The summed E-state index contributed by atoms with van der Waals surface area (Å²) in [6.07, 6.45) is 4.95. The Morgan fingerprint density at radius 2 is 1.90 bits per heavy atom. The monoisotopic (exact) mass is 268 g/mol. The maximum atomic E-state index is 12.1. The summed E-state index contributed by atoms with van der Waals surface area (Å²) in [6, 6.07) is 9.43. The number of amides is 1. The van der Waals surface area contributed by atoms with E-state index in [2.05, 4.69) is 27.9 Å². The van der Waals surface area contributed by atoms with Crippen molar-refractivity contribution in [3.05, 3.63) is 53.3 Å². The lowest BCUT2D eigenvalue weighted by molar-refractivity contribution is 0.102. The lowest BCUT2D eigenvalue weighted by Gasteiger charge is -2.07. The van der Waals surface area contributed by atoms with Gasteiger partial charge in [0.05, 0.1) is 11.9 Å². The summed E-state index contributed by atoms with van der Waals surface area (Å²) in [4.78, 5) is 16.2. The van der Waals surface area contributed by atoms with Crippen LogP contribution >= 0.6 is 0 Å². The number of carbonyl (C=O) groups is 1. The van der Waals surface area contributed by atoms with Crippen molar-refractivity contribution >= 4 is 17.3 Å². The van der Waals surface area contributed by atoms with Gasteiger partial charge in [-0.1, -0.05) is 6.07 Å². The number of pyridine rings is 1. The van der Waals surface area contributed by atoms with Gasteiger partial charge in [-0.3, -0.25) is 10.6 Å². The number of nitrogens with two attached hydrogens (primary N) is 1. The number of aromatic nitrogens is 1. The van der Waals surface area contributed by atoms with E-state index in [-0.39, 0.29) is 5.91 Å². The van der Waals surface area contributed by atoms with Crippen molar-refractivity contribution in [1.82, 2.24) is 4.98 Å². The van der Waals surface area contributed by atoms with Gasteiger partial charge in [-0.05, 0) is 54.7 Å². The lowest BCUT2D eigenvalue weighted by atomic mass is 10.1. The minimum atomic E-state index is -0.216. The summed E-state index contributed by atoms with van der Waals surface area (Å²) < 4.78 is 0. The van der Waals surface area contributed by atoms with E-state index in [0.717, 1.165) is 18.5 Å². The zero-order valence-electron chi connectivity index (χ0n) is 11.0. The fourth-order valence-corrected chi connectivity index (χ4v) is 2.46. The molecule has 1 heterocycles. The van der Waals surface area contributed by atoms with Crippen molar-refractivity contribution in [3.8, 4) is 0 Å². The number of fused-ring (bicyclic) bond motifs is 1. The van der Waals surface area contributed by atoms with Crippen LogP contribution in [0.5, 0.6) is 0 Å². The van der Waals surface area contributed by atoms with E-state index in [0.29, 0.717) is 11.4 Å². The molecule has 1 aromatic carbocycles. The topological polar surface area (TPSA) is 80.0 Å². The van der Waals surface area contributed by atoms with E-state index in [1.807, 2.05) is 6.07 Å². The summed E-state index contributed by atoms with van der Waals surface area (Å²) in [5.41, 5.74) is 7.05. The van der Waals surface area contributed by atoms with Crippen LogP contribution in [-0.4, -0.2) is 10.9 Å². The van der Waals surface area contributed by atoms with Crippen molar-refractivity contribution in [3.63, 3.8) is 0 Å². The highest BCUT2D eigenvalue weighted by Crippen LogP contribution is 2.25. The molecule has 0 spiro atoms. The fraction of sp³-hybridized carbons (Fsp3) is 0.200. The zero-order chi connectivity index (χ0) is 13.9. The van der Waals surface area contributed by atoms with Gasteiger partial charge in [-0.15, -0.1) is 0 Å². The number of nitrogens with one attached hydrogen (secondary N) is 2. The van der Waals surface area contributed by atoms with E-state index in [1.165, 1.54) is 23.7 Å². The molecule has 5 nitrogen and oxygen atoms in total. The van der Waals surface area contributed by atoms with E-state index in [9.17, 15) is 4.79 Å². The number of aryl methyl sites for hydroxylation is 2. The van der Waals surface area contributed by atoms with Crippen LogP contribution in [0, 0.1) is 0 Å². The minimum Gasteiger partial charge on any atom is -0.323 e. The molecule has 20 heavy (non-hydrogen) atoms. The van der Waals surface area contributed by atoms with Crippen LogP contribution in [0.2, 0.25) is 0 Å². The summed E-state index contributed by atoms with van der Waals surface area (Å²) in [6.45, 7) is 0. The van der Waals surface area contributed by atoms with Crippen molar-refractivity contribution in [2.24, 2.45) is 5.84 Å². The van der Waals surface area contributed by atoms with Crippen LogP contribution in [0.3, 0.4) is 0 Å². The first-order chi connectivity index (χ1) is 9.76. The Kier molecular flexibility index (Phi) is 3.35. The van der Waals surface area contributed by atoms with Crippen LogP contribution in [-0.2, 0) is 12.8 Å². The number of hydrogen-bond donors (Lipinski definition) is 3. The van der Waals surface area contributed by atoms with Gasteiger partial charge in [0.1, 0.15) is 5.69 Å². The summed E-state index contributed by atoms with van der Waals surface area (Å²) in [7, 11) is 0. The SMILES string of the molecule is NNc1ccc(C(=O)Nc2ccc3c(c2)CCC3)nc1. The molecule has 4 N–H and O–H groups in total. The highest BCUT2D eigenvalue weighted by molar-refractivity contribution is 6.03. The zero-order valence-corrected chi connectivity index (χ0v) is 11.0. The van der Waals surface area contributed by atoms with Crippen molar-refractivity contribution in [2.75, 3.05) is 10.7 Å². The number of benzene rings is 1. The second-order valence-electron chi connectivity index (χ2n) is 4.87. The van der Waals surface area contributed by atoms with Crippen LogP contribution in [0.4, 0.5) is 11.4 Å². The predicted octanol–water partition coefficient (Wildman–Crippen LogP) is 2.11. The molecule has 0 fully saturated rings. The normalized spacial score (nSPS) is 12.8. The van der Waals surface area contributed by atoms with E-state index in [1.54, 1.807) is 12.1 Å². The molecule has 1 amide bonds. The van der Waals surface area contributed by atoms with Crippen LogP contribution in [0.1, 0.15) is 28.0 Å². The number of hydrazine groups is 1. The summed E-state index contributed by atoms with van der Waals surface area (Å²) in [5, 5.41) is 2.87. The van der Waals surface area contributed by atoms with Crippen molar-refractivity contribution in [2.45, 2.75) is 19.3 Å². The molecule has 3 rings (SSSR count). The first-order valence-electron chi connectivity index (χ1n) is 6.62. The standard InChI is InChI=1S/C15H16N4O/c16-19-13-6-7-14(17-9-13)15(20)18-12-5-4-10-2-1-3-11(10)8-12/h4-9,19H,1-3,16H2,(H,18,20). The number of rotatable bonds is 3. The Labute approximate surface area is 117 Å². The lowest BCUT2D eigenvalue weighted by Crippen LogP contribution is -2.14. The molecule has 0 unspecified atom stereocenters. The van der Waals surface area contributed by atoms with E-state index in [4.69, 9.17) is 5.84 Å². The molecule has 5 heteroatoms. The molecular weight excluding hydrogens is 252 g/mol. The van der Waals surface area contributed by atoms with Gasteiger partial charge in [0, 0.05) is 5.69 Å². The Balaban J connectivity index is 1.75. The third-order valence-electron chi connectivity index (χ3n) is 3.52. The fourth-order valence-electron chi connectivity index (χ4n) is 2.46. The molecule has 0 saturated carbocycles. The molecule has 1 aromatic heterocycles. The predicted molar refractivity (Wildman–Crippen MR) is 78.5 cm³/mol. The van der Waals surface area contributed by atoms with Gasteiger partial charge in [0.25, 0.3) is 5.91 Å². The second-order valence-corrected chi connectivity index (χ2v) is 4.87. The van der Waals surface area contributed by atoms with Gasteiger partial charge in [0.2, 0.25) is 0 Å². The average Bonchev–Trinajstić information content (AvgIpc) is 2.95. The van der Waals surface area contributed by atoms with Crippen molar-refractivity contribution < 1.29 is 4.79 Å². The Bertz CT molecular complexity index is 637. The number of anilines is 2. The third-order valence-corrected chi connectivity index (χ3v) is 3.52. The Hall–Kier alpha value is -2.40. The third kappa shape index (κ3) is 2.48. The number of hydrogen-bond acceptors (Lipinski definition) is 4. The quantitative estimate of drug-likeness (QED) is 0.588. The molecule has 1 aliphatic rings. The van der Waals surface area contributed by atoms with E-state index < -0.39 is 0 Å². The van der Waals surface area contributed by atoms with Gasteiger partial charge in [-0.25, -0.2) is 4.98 Å². The Morgan fingerprint density at radius 1 is 1.10 bits per heavy atom. The Morgan fingerprint density at radius 3 is 2.65 bits per heavy atom. The average molecular weight is 268 g/mol. The largest absolute Gasteiger partial charge is 0.323 e. The number of nitrogens with zero attached hydrogens (tertiary/aromatic N) is 1. The first kappa shape index (κ1) is 12.6. The molecule has 0 saturated heterocycles. The number of nitrogen functional groups attached to an aromatic ring is 1. The summed E-state index contributed by atoms with van der Waals surface area (Å²) in [5.74, 6) is 5.04. The molecule has 1 aliphatic carbocycles. The van der Waals surface area contributed by atoms with Crippen molar-refractivity contribution in [1.29, 1.82) is 0 Å². The molecule has 0 radical (unpaired) electrons. The first-order valence-corrected chi connectivity index (χ1v) is 6.62. The van der Waals surface area contributed by atoms with Crippen LogP contribution < -0.4 is 16.6 Å². The molecule has 0 bridgehead atoms. The maximum Gasteiger partial charge on any atom is 0.274 e. The number of carbonyl (C=O) groups excluding carboxylic acids is 1. The van der Waals surface area contributed by atoms with E-state index >= 15 is 0 Å². The van der Waals surface area contributed by atoms with Gasteiger partial charge < -0.3 is 10.7 Å². The molecular formula is C15H16N4O. The van der Waals surface area contributed by atoms with Gasteiger partial charge >= 0.3 is 0 Å².